The number of hydrogen-bond donors (Lipinski definition) is 0. The zero-order chi connectivity index (χ0) is 23.0. The summed E-state index contributed by atoms with van der Waals surface area (Å²) in [6, 6.07) is 7.33. The van der Waals surface area contributed by atoms with Gasteiger partial charge in [-0.3, -0.25) is 9.59 Å². The first kappa shape index (κ1) is 24.8. The molecule has 2 amide bonds. The Kier molecular flexibility index (Phi) is 9.23. The summed E-state index contributed by atoms with van der Waals surface area (Å²) in [5.41, 5.74) is -0.362. The molecule has 1 atom stereocenters. The van der Waals surface area contributed by atoms with Crippen molar-refractivity contribution in [2.45, 2.75) is 51.9 Å². The molecule has 2 aliphatic heterocycles. The molecular weight excluding hydrogens is 426 g/mol. The summed E-state index contributed by atoms with van der Waals surface area (Å²) in [6.07, 6.45) is 5.91. The maximum atomic E-state index is 13.3. The number of likely N-dealkylation sites (N-methyl/N-ethyl adjacent to an activating group) is 1. The van der Waals surface area contributed by atoms with Gasteiger partial charge in [-0.05, 0) is 50.6 Å². The summed E-state index contributed by atoms with van der Waals surface area (Å²) >= 11 is 6.01. The Morgan fingerprint density at radius 2 is 1.72 bits per heavy atom. The SMILES string of the molecule is CCCCCC(=O)N1CCC[C@@](COc2ccc(Cl)cc2)(CC(=O)N2CCN(C)CC2)C1. The van der Waals surface area contributed by atoms with Gasteiger partial charge in [-0.2, -0.15) is 0 Å². The first-order valence-electron chi connectivity index (χ1n) is 12.0. The first-order valence-corrected chi connectivity index (χ1v) is 12.4. The standard InChI is InChI=1S/C25H38ClN3O3/c1-3-4-5-7-23(30)29-13-6-12-25(19-29,20-32-22-10-8-21(26)9-11-22)18-24(31)28-16-14-27(2)15-17-28/h8-11H,3-7,12-20H2,1-2H3/t25-/m1/s1. The van der Waals surface area contributed by atoms with Crippen LogP contribution in [0.5, 0.6) is 5.75 Å². The number of likely N-dealkylation sites (tertiary alicyclic amines) is 1. The fourth-order valence-corrected chi connectivity index (χ4v) is 4.80. The number of halogens is 1. The Bertz CT molecular complexity index is 749. The number of piperazine rings is 1. The van der Waals surface area contributed by atoms with Crippen molar-refractivity contribution < 1.29 is 14.3 Å². The zero-order valence-electron chi connectivity index (χ0n) is 19.7. The van der Waals surface area contributed by atoms with Crippen LogP contribution in [-0.2, 0) is 9.59 Å². The number of unbranched alkanes of at least 4 members (excludes halogenated alkanes) is 2. The van der Waals surface area contributed by atoms with Crippen molar-refractivity contribution in [2.75, 3.05) is 52.9 Å². The van der Waals surface area contributed by atoms with Crippen LogP contribution in [0.1, 0.15) is 51.9 Å². The molecule has 0 bridgehead atoms. The molecule has 6 nitrogen and oxygen atoms in total. The molecule has 0 aliphatic carbocycles. The minimum absolute atomic E-state index is 0.179. The number of amides is 2. The predicted molar refractivity (Wildman–Crippen MR) is 128 cm³/mol. The van der Waals surface area contributed by atoms with E-state index >= 15 is 0 Å². The van der Waals surface area contributed by atoms with Gasteiger partial charge in [0, 0.05) is 62.5 Å². The van der Waals surface area contributed by atoms with E-state index in [2.05, 4.69) is 18.9 Å². The molecule has 2 heterocycles. The lowest BCUT2D eigenvalue weighted by Gasteiger charge is -2.43. The molecule has 2 aliphatic rings. The highest BCUT2D eigenvalue weighted by atomic mass is 35.5. The number of carbonyl (C=O) groups is 2. The highest BCUT2D eigenvalue weighted by molar-refractivity contribution is 6.30. The van der Waals surface area contributed by atoms with Gasteiger partial charge in [0.25, 0.3) is 0 Å². The van der Waals surface area contributed by atoms with Gasteiger partial charge in [-0.1, -0.05) is 31.4 Å². The second kappa shape index (κ2) is 11.9. The van der Waals surface area contributed by atoms with E-state index < -0.39 is 0 Å². The largest absolute Gasteiger partial charge is 0.493 e. The van der Waals surface area contributed by atoms with Crippen molar-refractivity contribution in [3.63, 3.8) is 0 Å². The molecule has 3 rings (SSSR count). The molecule has 0 aromatic heterocycles. The lowest BCUT2D eigenvalue weighted by Crippen LogP contribution is -2.53. The lowest BCUT2D eigenvalue weighted by molar-refractivity contribution is -0.142. The number of ether oxygens (including phenoxy) is 1. The van der Waals surface area contributed by atoms with Crippen LogP contribution < -0.4 is 4.74 Å². The second-order valence-electron chi connectivity index (χ2n) is 9.48. The monoisotopic (exact) mass is 463 g/mol. The molecule has 0 unspecified atom stereocenters. The Morgan fingerprint density at radius 3 is 2.41 bits per heavy atom. The number of hydrogen-bond acceptors (Lipinski definition) is 4. The fourth-order valence-electron chi connectivity index (χ4n) is 4.67. The first-order chi connectivity index (χ1) is 15.4. The number of rotatable bonds is 9. The Balaban J connectivity index is 1.69. The highest BCUT2D eigenvalue weighted by Crippen LogP contribution is 2.36. The van der Waals surface area contributed by atoms with E-state index in [4.69, 9.17) is 16.3 Å². The van der Waals surface area contributed by atoms with Crippen LogP contribution in [0.2, 0.25) is 5.02 Å². The summed E-state index contributed by atoms with van der Waals surface area (Å²) in [5.74, 6) is 1.13. The molecule has 2 saturated heterocycles. The van der Waals surface area contributed by atoms with E-state index in [1.54, 1.807) is 0 Å². The minimum atomic E-state index is -0.362. The highest BCUT2D eigenvalue weighted by Gasteiger charge is 2.41. The van der Waals surface area contributed by atoms with Crippen molar-refractivity contribution in [1.82, 2.24) is 14.7 Å². The summed E-state index contributed by atoms with van der Waals surface area (Å²) in [7, 11) is 2.09. The fraction of sp³-hybridized carbons (Fsp3) is 0.680. The molecule has 2 fully saturated rings. The van der Waals surface area contributed by atoms with Crippen LogP contribution in [0.4, 0.5) is 0 Å². The molecule has 32 heavy (non-hydrogen) atoms. The van der Waals surface area contributed by atoms with Crippen LogP contribution in [0.25, 0.3) is 0 Å². The van der Waals surface area contributed by atoms with Crippen molar-refractivity contribution in [2.24, 2.45) is 5.41 Å². The Hall–Kier alpha value is -1.79. The van der Waals surface area contributed by atoms with Crippen LogP contribution >= 0.6 is 11.6 Å². The number of piperidine rings is 1. The maximum absolute atomic E-state index is 13.3. The quantitative estimate of drug-likeness (QED) is 0.518. The molecule has 178 valence electrons. The van der Waals surface area contributed by atoms with E-state index in [0.717, 1.165) is 70.6 Å². The number of carbonyl (C=O) groups excluding carboxylic acids is 2. The van der Waals surface area contributed by atoms with E-state index in [1.165, 1.54) is 0 Å². The van der Waals surface area contributed by atoms with Gasteiger partial charge in [0.1, 0.15) is 5.75 Å². The van der Waals surface area contributed by atoms with Crippen LogP contribution in [0.15, 0.2) is 24.3 Å². The molecule has 0 radical (unpaired) electrons. The minimum Gasteiger partial charge on any atom is -0.493 e. The van der Waals surface area contributed by atoms with Crippen molar-refractivity contribution in [3.05, 3.63) is 29.3 Å². The average molecular weight is 464 g/mol. The normalized spacial score (nSPS) is 22.1. The van der Waals surface area contributed by atoms with Crippen molar-refractivity contribution in [1.29, 1.82) is 0 Å². The summed E-state index contributed by atoms with van der Waals surface area (Å²) < 4.78 is 6.16. The average Bonchev–Trinajstić information content (AvgIpc) is 2.79. The van der Waals surface area contributed by atoms with E-state index in [1.807, 2.05) is 34.1 Å². The molecule has 0 saturated carbocycles. The molecule has 0 N–H and O–H groups in total. The molecular formula is C25H38ClN3O3. The topological polar surface area (TPSA) is 53.1 Å². The molecule has 0 spiro atoms. The van der Waals surface area contributed by atoms with Gasteiger partial charge in [0.15, 0.2) is 0 Å². The third kappa shape index (κ3) is 7.11. The van der Waals surface area contributed by atoms with Gasteiger partial charge in [-0.15, -0.1) is 0 Å². The van der Waals surface area contributed by atoms with Gasteiger partial charge >= 0.3 is 0 Å². The smallest absolute Gasteiger partial charge is 0.223 e. The number of benzene rings is 1. The molecule has 1 aromatic carbocycles. The van der Waals surface area contributed by atoms with E-state index in [0.29, 0.717) is 31.0 Å². The lowest BCUT2D eigenvalue weighted by atomic mass is 9.77. The Labute approximate surface area is 197 Å². The maximum Gasteiger partial charge on any atom is 0.223 e. The van der Waals surface area contributed by atoms with Gasteiger partial charge in [0.05, 0.1) is 6.61 Å². The van der Waals surface area contributed by atoms with Gasteiger partial charge < -0.3 is 19.4 Å². The van der Waals surface area contributed by atoms with Gasteiger partial charge in [0.2, 0.25) is 11.8 Å². The summed E-state index contributed by atoms with van der Waals surface area (Å²) in [4.78, 5) is 32.3. The summed E-state index contributed by atoms with van der Waals surface area (Å²) in [6.45, 7) is 7.28. The van der Waals surface area contributed by atoms with Crippen LogP contribution in [0.3, 0.4) is 0 Å². The van der Waals surface area contributed by atoms with Crippen molar-refractivity contribution in [3.8, 4) is 5.75 Å². The van der Waals surface area contributed by atoms with Gasteiger partial charge in [-0.25, -0.2) is 0 Å². The van der Waals surface area contributed by atoms with E-state index in [-0.39, 0.29) is 17.2 Å². The second-order valence-corrected chi connectivity index (χ2v) is 9.92. The Morgan fingerprint density at radius 1 is 1.00 bits per heavy atom. The third-order valence-corrected chi connectivity index (χ3v) is 7.00. The molecule has 7 heteroatoms. The third-order valence-electron chi connectivity index (χ3n) is 6.75. The van der Waals surface area contributed by atoms with Crippen molar-refractivity contribution >= 4 is 23.4 Å². The predicted octanol–water partition coefficient (Wildman–Crippen LogP) is 4.07. The zero-order valence-corrected chi connectivity index (χ0v) is 20.4. The summed E-state index contributed by atoms with van der Waals surface area (Å²) in [5, 5.41) is 0.666. The number of nitrogens with zero attached hydrogens (tertiary/aromatic N) is 3. The van der Waals surface area contributed by atoms with Crippen LogP contribution in [0, 0.1) is 5.41 Å². The molecule has 1 aromatic rings. The van der Waals surface area contributed by atoms with Crippen LogP contribution in [-0.4, -0.2) is 79.4 Å². The van der Waals surface area contributed by atoms with E-state index in [9.17, 15) is 9.59 Å².